The van der Waals surface area contributed by atoms with Crippen LogP contribution in [0.1, 0.15) is 51.3 Å². The summed E-state index contributed by atoms with van der Waals surface area (Å²) in [6.45, 7) is 7.49. The summed E-state index contributed by atoms with van der Waals surface area (Å²) in [6.07, 6.45) is 5.36. The number of aliphatic imine (C=N–C) groups is 1. The third kappa shape index (κ3) is 4.95. The highest BCUT2D eigenvalue weighted by molar-refractivity contribution is 6.06. The third-order valence-corrected chi connectivity index (χ3v) is 6.04. The van der Waals surface area contributed by atoms with Gasteiger partial charge in [0.2, 0.25) is 0 Å². The molecule has 2 atom stereocenters. The largest absolute Gasteiger partial charge is 0.468 e. The van der Waals surface area contributed by atoms with Crippen molar-refractivity contribution >= 4 is 17.9 Å². The number of nitrogens with zero attached hydrogens (tertiary/aromatic N) is 3. The molecule has 3 rings (SSSR count). The molecule has 1 aromatic heterocycles. The lowest BCUT2D eigenvalue weighted by atomic mass is 9.99. The first-order valence-electron chi connectivity index (χ1n) is 10.8. The van der Waals surface area contributed by atoms with Gasteiger partial charge in [0, 0.05) is 26.7 Å². The first-order chi connectivity index (χ1) is 14.5. The van der Waals surface area contributed by atoms with Gasteiger partial charge in [-0.1, -0.05) is 6.92 Å². The van der Waals surface area contributed by atoms with Gasteiger partial charge in [-0.15, -0.1) is 0 Å². The number of carbonyl (C=O) groups excluding carboxylic acids is 2. The summed E-state index contributed by atoms with van der Waals surface area (Å²) in [4.78, 5) is 32.6. The van der Waals surface area contributed by atoms with Crippen molar-refractivity contribution in [3.8, 4) is 0 Å². The average molecular weight is 419 g/mol. The summed E-state index contributed by atoms with van der Waals surface area (Å²) in [5.74, 6) is 1.50. The fourth-order valence-corrected chi connectivity index (χ4v) is 3.99. The Morgan fingerprint density at radius 3 is 2.70 bits per heavy atom. The van der Waals surface area contributed by atoms with Gasteiger partial charge in [-0.25, -0.2) is 4.79 Å². The minimum absolute atomic E-state index is 0.149. The molecular formula is C21H34N6O3. The zero-order chi connectivity index (χ0) is 21.6. The van der Waals surface area contributed by atoms with Crippen LogP contribution < -0.4 is 16.0 Å². The van der Waals surface area contributed by atoms with E-state index in [0.29, 0.717) is 38.4 Å². The number of rotatable bonds is 9. The zero-order valence-electron chi connectivity index (χ0n) is 18.2. The molecule has 0 bridgehead atoms. The van der Waals surface area contributed by atoms with Crippen molar-refractivity contribution in [3.05, 3.63) is 24.2 Å². The number of hydrogen-bond acceptors (Lipinski definition) is 5. The standard InChI is InChI=1S/C21H34N6O3/c1-4-21(2)18(28)27(20(29)25-21)13-8-10-23-19(22-3)24-15-16(17-9-7-14-30-17)26-11-5-6-12-26/h7,9,14,16H,4-6,8,10-13,15H2,1-3H3,(H,25,29)(H2,22,23,24). The van der Waals surface area contributed by atoms with Crippen molar-refractivity contribution in [1.29, 1.82) is 0 Å². The maximum Gasteiger partial charge on any atom is 0.325 e. The summed E-state index contributed by atoms with van der Waals surface area (Å²) in [5, 5.41) is 9.43. The first-order valence-corrected chi connectivity index (χ1v) is 10.8. The van der Waals surface area contributed by atoms with E-state index in [0.717, 1.165) is 18.8 Å². The molecule has 9 nitrogen and oxygen atoms in total. The number of hydrogen-bond donors (Lipinski definition) is 3. The van der Waals surface area contributed by atoms with Crippen LogP contribution >= 0.6 is 0 Å². The number of likely N-dealkylation sites (tertiary alicyclic amines) is 1. The quantitative estimate of drug-likeness (QED) is 0.244. The summed E-state index contributed by atoms with van der Waals surface area (Å²) >= 11 is 0. The monoisotopic (exact) mass is 418 g/mol. The molecule has 2 fully saturated rings. The van der Waals surface area contributed by atoms with Gasteiger partial charge in [-0.05, 0) is 57.8 Å². The molecule has 3 amide bonds. The maximum absolute atomic E-state index is 12.4. The van der Waals surface area contributed by atoms with Crippen LogP contribution in [-0.2, 0) is 4.79 Å². The lowest BCUT2D eigenvalue weighted by Gasteiger charge is -2.26. The Kier molecular flexibility index (Phi) is 7.36. The number of nitrogens with one attached hydrogen (secondary N) is 3. The van der Waals surface area contributed by atoms with E-state index in [9.17, 15) is 9.59 Å². The third-order valence-electron chi connectivity index (χ3n) is 6.04. The van der Waals surface area contributed by atoms with Crippen LogP contribution in [0.3, 0.4) is 0 Å². The van der Waals surface area contributed by atoms with E-state index in [1.54, 1.807) is 20.2 Å². The molecule has 166 valence electrons. The van der Waals surface area contributed by atoms with Crippen LogP contribution in [0.4, 0.5) is 4.79 Å². The Labute approximate surface area is 178 Å². The van der Waals surface area contributed by atoms with E-state index in [-0.39, 0.29) is 18.0 Å². The Morgan fingerprint density at radius 1 is 1.33 bits per heavy atom. The molecule has 2 aliphatic rings. The van der Waals surface area contributed by atoms with Gasteiger partial charge < -0.3 is 20.4 Å². The van der Waals surface area contributed by atoms with Crippen LogP contribution in [0.15, 0.2) is 27.8 Å². The fraction of sp³-hybridized carbons (Fsp3) is 0.667. The molecule has 30 heavy (non-hydrogen) atoms. The number of imide groups is 1. The molecule has 2 saturated heterocycles. The Bertz CT molecular complexity index is 744. The van der Waals surface area contributed by atoms with Crippen molar-refractivity contribution < 1.29 is 14.0 Å². The molecule has 9 heteroatoms. The number of furan rings is 1. The van der Waals surface area contributed by atoms with Crippen LogP contribution in [0.5, 0.6) is 0 Å². The Morgan fingerprint density at radius 2 is 2.10 bits per heavy atom. The van der Waals surface area contributed by atoms with E-state index in [1.165, 1.54) is 17.7 Å². The number of urea groups is 1. The summed E-state index contributed by atoms with van der Waals surface area (Å²) in [7, 11) is 1.73. The van der Waals surface area contributed by atoms with E-state index in [1.807, 2.05) is 19.1 Å². The van der Waals surface area contributed by atoms with Crippen molar-refractivity contribution in [2.45, 2.75) is 51.1 Å². The number of guanidine groups is 1. The topological polar surface area (TPSA) is 102 Å². The molecule has 0 aliphatic carbocycles. The van der Waals surface area contributed by atoms with E-state index < -0.39 is 5.54 Å². The maximum atomic E-state index is 12.4. The van der Waals surface area contributed by atoms with Gasteiger partial charge in [0.1, 0.15) is 11.3 Å². The second-order valence-electron chi connectivity index (χ2n) is 8.08. The molecular weight excluding hydrogens is 384 g/mol. The van der Waals surface area contributed by atoms with E-state index in [4.69, 9.17) is 4.42 Å². The predicted octanol–water partition coefficient (Wildman–Crippen LogP) is 1.69. The van der Waals surface area contributed by atoms with Gasteiger partial charge in [-0.3, -0.25) is 19.6 Å². The molecule has 3 N–H and O–H groups in total. The van der Waals surface area contributed by atoms with Gasteiger partial charge in [0.25, 0.3) is 5.91 Å². The molecule has 2 aliphatic heterocycles. The van der Waals surface area contributed by atoms with Crippen LogP contribution in [0.2, 0.25) is 0 Å². The molecule has 0 aromatic carbocycles. The summed E-state index contributed by atoms with van der Waals surface area (Å²) in [5.41, 5.74) is -0.779. The highest BCUT2D eigenvalue weighted by Crippen LogP contribution is 2.25. The normalized spacial score (nSPS) is 23.7. The zero-order valence-corrected chi connectivity index (χ0v) is 18.2. The van der Waals surface area contributed by atoms with E-state index in [2.05, 4.69) is 25.8 Å². The smallest absolute Gasteiger partial charge is 0.325 e. The van der Waals surface area contributed by atoms with E-state index >= 15 is 0 Å². The average Bonchev–Trinajstić information content (AvgIpc) is 3.49. The summed E-state index contributed by atoms with van der Waals surface area (Å²) < 4.78 is 5.66. The van der Waals surface area contributed by atoms with Gasteiger partial charge >= 0.3 is 6.03 Å². The number of amides is 3. The van der Waals surface area contributed by atoms with Crippen LogP contribution in [0.25, 0.3) is 0 Å². The minimum atomic E-state index is -0.779. The van der Waals surface area contributed by atoms with Crippen LogP contribution in [0, 0.1) is 0 Å². The van der Waals surface area contributed by atoms with Crippen molar-refractivity contribution in [3.63, 3.8) is 0 Å². The summed E-state index contributed by atoms with van der Waals surface area (Å²) in [6, 6.07) is 3.80. The highest BCUT2D eigenvalue weighted by atomic mass is 16.3. The van der Waals surface area contributed by atoms with Gasteiger partial charge in [0.15, 0.2) is 5.96 Å². The molecule has 3 heterocycles. The number of carbonyl (C=O) groups is 2. The molecule has 0 radical (unpaired) electrons. The van der Waals surface area contributed by atoms with Gasteiger partial charge in [0.05, 0.1) is 12.3 Å². The molecule has 0 saturated carbocycles. The Balaban J connectivity index is 1.44. The minimum Gasteiger partial charge on any atom is -0.468 e. The van der Waals surface area contributed by atoms with Crippen molar-refractivity contribution in [2.24, 2.45) is 4.99 Å². The molecule has 2 unspecified atom stereocenters. The van der Waals surface area contributed by atoms with Crippen molar-refractivity contribution in [2.75, 3.05) is 39.8 Å². The lowest BCUT2D eigenvalue weighted by molar-refractivity contribution is -0.130. The second-order valence-corrected chi connectivity index (χ2v) is 8.08. The van der Waals surface area contributed by atoms with Gasteiger partial charge in [-0.2, -0.15) is 0 Å². The lowest BCUT2D eigenvalue weighted by Crippen LogP contribution is -2.44. The highest BCUT2D eigenvalue weighted by Gasteiger charge is 2.45. The molecule has 1 aromatic rings. The van der Waals surface area contributed by atoms with Crippen LogP contribution in [-0.4, -0.2) is 73.0 Å². The fourth-order valence-electron chi connectivity index (χ4n) is 3.99. The second kappa shape index (κ2) is 9.97. The van der Waals surface area contributed by atoms with Crippen molar-refractivity contribution in [1.82, 2.24) is 25.8 Å². The first kappa shape index (κ1) is 22.1. The Hall–Kier alpha value is -2.55. The predicted molar refractivity (Wildman–Crippen MR) is 115 cm³/mol. The molecule has 0 spiro atoms. The SMILES string of the molecule is CCC1(C)NC(=O)N(CCCNC(=NC)NCC(c2ccco2)N2CCCC2)C1=O.